The molecular weight excluding hydrogens is 318 g/mol. The second-order valence-electron chi connectivity index (χ2n) is 4.76. The number of methoxy groups -OCH3 is 1. The summed E-state index contributed by atoms with van der Waals surface area (Å²) >= 11 is 6.02. The van der Waals surface area contributed by atoms with Crippen LogP contribution in [-0.2, 0) is 4.79 Å². The van der Waals surface area contributed by atoms with Crippen LogP contribution in [0.4, 0.5) is 5.69 Å². The maximum Gasteiger partial charge on any atom is 0.262 e. The number of hydrogen-bond donors (Lipinski definition) is 1. The van der Waals surface area contributed by atoms with Crippen LogP contribution in [0, 0.1) is 0 Å². The number of carbonyl (C=O) groups is 2. The zero-order valence-electron chi connectivity index (χ0n) is 12.8. The van der Waals surface area contributed by atoms with Gasteiger partial charge in [-0.25, -0.2) is 0 Å². The Morgan fingerprint density at radius 2 is 1.74 bits per heavy atom. The van der Waals surface area contributed by atoms with Crippen LogP contribution in [0.1, 0.15) is 17.3 Å². The van der Waals surface area contributed by atoms with Crippen LogP contribution in [0.2, 0.25) is 5.02 Å². The molecule has 0 heterocycles. The van der Waals surface area contributed by atoms with Crippen LogP contribution >= 0.6 is 11.6 Å². The summed E-state index contributed by atoms with van der Waals surface area (Å²) in [6.45, 7) is 1.31. The SMILES string of the molecule is COc1ccc(Cl)c(NC(=O)COc2ccc(C(C)=O)cc2)c1. The number of Topliss-reactive ketones (excluding diaryl/α,β-unsaturated/α-hetero) is 1. The second-order valence-corrected chi connectivity index (χ2v) is 5.17. The Morgan fingerprint density at radius 3 is 2.35 bits per heavy atom. The number of carbonyl (C=O) groups excluding carboxylic acids is 2. The van der Waals surface area contributed by atoms with Crippen molar-refractivity contribution in [2.45, 2.75) is 6.92 Å². The molecule has 0 bridgehead atoms. The van der Waals surface area contributed by atoms with Gasteiger partial charge in [-0.2, -0.15) is 0 Å². The average Bonchev–Trinajstić information content (AvgIpc) is 2.55. The van der Waals surface area contributed by atoms with Crippen molar-refractivity contribution in [3.05, 3.63) is 53.1 Å². The lowest BCUT2D eigenvalue weighted by Crippen LogP contribution is -2.20. The van der Waals surface area contributed by atoms with Gasteiger partial charge in [0.25, 0.3) is 5.91 Å². The number of halogens is 1. The summed E-state index contributed by atoms with van der Waals surface area (Å²) in [6, 6.07) is 11.5. The minimum absolute atomic E-state index is 0.0260. The first-order valence-corrected chi connectivity index (χ1v) is 7.24. The molecule has 2 aromatic rings. The van der Waals surface area contributed by atoms with Crippen LogP contribution in [0.3, 0.4) is 0 Å². The van der Waals surface area contributed by atoms with Crippen molar-refractivity contribution in [3.63, 3.8) is 0 Å². The van der Waals surface area contributed by atoms with E-state index in [9.17, 15) is 9.59 Å². The first-order valence-electron chi connectivity index (χ1n) is 6.87. The smallest absolute Gasteiger partial charge is 0.262 e. The van der Waals surface area contributed by atoms with Crippen LogP contribution in [0.15, 0.2) is 42.5 Å². The van der Waals surface area contributed by atoms with Gasteiger partial charge >= 0.3 is 0 Å². The van der Waals surface area contributed by atoms with E-state index < -0.39 is 0 Å². The van der Waals surface area contributed by atoms with Gasteiger partial charge in [-0.15, -0.1) is 0 Å². The van der Waals surface area contributed by atoms with Gasteiger partial charge in [0.15, 0.2) is 12.4 Å². The molecule has 1 amide bonds. The van der Waals surface area contributed by atoms with E-state index in [-0.39, 0.29) is 18.3 Å². The molecule has 0 saturated carbocycles. The molecule has 0 unspecified atom stereocenters. The Kier molecular flexibility index (Phi) is 5.60. The van der Waals surface area contributed by atoms with Crippen molar-refractivity contribution in [2.75, 3.05) is 19.0 Å². The highest BCUT2D eigenvalue weighted by molar-refractivity contribution is 6.33. The Morgan fingerprint density at radius 1 is 1.09 bits per heavy atom. The number of benzene rings is 2. The van der Waals surface area contributed by atoms with Crippen LogP contribution < -0.4 is 14.8 Å². The highest BCUT2D eigenvalue weighted by Crippen LogP contribution is 2.26. The Labute approximate surface area is 139 Å². The van der Waals surface area contributed by atoms with Gasteiger partial charge in [0.1, 0.15) is 11.5 Å². The van der Waals surface area contributed by atoms with Crippen molar-refractivity contribution in [2.24, 2.45) is 0 Å². The van der Waals surface area contributed by atoms with E-state index in [1.54, 1.807) is 42.5 Å². The maximum absolute atomic E-state index is 11.9. The minimum Gasteiger partial charge on any atom is -0.497 e. The molecule has 0 radical (unpaired) electrons. The molecule has 0 aromatic heterocycles. The zero-order valence-corrected chi connectivity index (χ0v) is 13.5. The molecule has 0 atom stereocenters. The molecule has 0 fully saturated rings. The van der Waals surface area contributed by atoms with E-state index in [4.69, 9.17) is 21.1 Å². The zero-order chi connectivity index (χ0) is 16.8. The fourth-order valence-corrected chi connectivity index (χ4v) is 2.01. The lowest BCUT2D eigenvalue weighted by molar-refractivity contribution is -0.118. The molecule has 6 heteroatoms. The van der Waals surface area contributed by atoms with E-state index in [0.717, 1.165) is 0 Å². The number of ketones is 1. The molecule has 0 aliphatic rings. The Balaban J connectivity index is 1.93. The van der Waals surface area contributed by atoms with Crippen molar-refractivity contribution in [3.8, 4) is 11.5 Å². The maximum atomic E-state index is 11.9. The number of anilines is 1. The molecule has 0 aliphatic carbocycles. The van der Waals surface area contributed by atoms with Gasteiger partial charge in [0, 0.05) is 11.6 Å². The number of nitrogens with one attached hydrogen (secondary N) is 1. The number of rotatable bonds is 6. The van der Waals surface area contributed by atoms with Gasteiger partial charge in [0.2, 0.25) is 0 Å². The molecule has 1 N–H and O–H groups in total. The van der Waals surface area contributed by atoms with Gasteiger partial charge in [-0.1, -0.05) is 11.6 Å². The minimum atomic E-state index is -0.351. The van der Waals surface area contributed by atoms with Crippen molar-refractivity contribution >= 4 is 29.0 Å². The predicted molar refractivity (Wildman–Crippen MR) is 88.6 cm³/mol. The van der Waals surface area contributed by atoms with E-state index in [1.807, 2.05) is 0 Å². The van der Waals surface area contributed by atoms with Crippen LogP contribution in [0.25, 0.3) is 0 Å². The third-order valence-electron chi connectivity index (χ3n) is 3.08. The van der Waals surface area contributed by atoms with Crippen LogP contribution in [0.5, 0.6) is 11.5 Å². The van der Waals surface area contributed by atoms with Gasteiger partial charge in [-0.3, -0.25) is 9.59 Å². The summed E-state index contributed by atoms with van der Waals surface area (Å²) in [5.74, 6) is 0.713. The Hall–Kier alpha value is -2.53. The molecule has 2 aromatic carbocycles. The van der Waals surface area contributed by atoms with E-state index in [0.29, 0.717) is 27.8 Å². The number of amides is 1. The second kappa shape index (κ2) is 7.65. The third-order valence-corrected chi connectivity index (χ3v) is 3.41. The van der Waals surface area contributed by atoms with Crippen LogP contribution in [-0.4, -0.2) is 25.4 Å². The molecule has 23 heavy (non-hydrogen) atoms. The molecule has 0 aliphatic heterocycles. The van der Waals surface area contributed by atoms with Crippen molar-refractivity contribution in [1.29, 1.82) is 0 Å². The molecule has 0 spiro atoms. The third kappa shape index (κ3) is 4.72. The molecule has 5 nitrogen and oxygen atoms in total. The summed E-state index contributed by atoms with van der Waals surface area (Å²) < 4.78 is 10.5. The summed E-state index contributed by atoms with van der Waals surface area (Å²) in [5, 5.41) is 3.06. The first-order chi connectivity index (χ1) is 11.0. The summed E-state index contributed by atoms with van der Waals surface area (Å²) in [4.78, 5) is 23.1. The van der Waals surface area contributed by atoms with Crippen molar-refractivity contribution in [1.82, 2.24) is 0 Å². The summed E-state index contributed by atoms with van der Waals surface area (Å²) in [6.07, 6.45) is 0. The number of hydrogen-bond acceptors (Lipinski definition) is 4. The average molecular weight is 334 g/mol. The van der Waals surface area contributed by atoms with Gasteiger partial charge in [0.05, 0.1) is 17.8 Å². The molecule has 2 rings (SSSR count). The molecule has 120 valence electrons. The fraction of sp³-hybridized carbons (Fsp3) is 0.176. The monoisotopic (exact) mass is 333 g/mol. The van der Waals surface area contributed by atoms with E-state index in [2.05, 4.69) is 5.32 Å². The Bertz CT molecular complexity index is 713. The highest BCUT2D eigenvalue weighted by Gasteiger charge is 2.08. The topological polar surface area (TPSA) is 64.6 Å². The summed E-state index contributed by atoms with van der Waals surface area (Å²) in [7, 11) is 1.53. The standard InChI is InChI=1S/C17H16ClNO4/c1-11(20)12-3-5-13(6-4-12)23-10-17(21)19-16-9-14(22-2)7-8-15(16)18/h3-9H,10H2,1-2H3,(H,19,21). The first kappa shape index (κ1) is 16.8. The molecular formula is C17H16ClNO4. The van der Waals surface area contributed by atoms with Crippen molar-refractivity contribution < 1.29 is 19.1 Å². The number of ether oxygens (including phenoxy) is 2. The predicted octanol–water partition coefficient (Wildman–Crippen LogP) is 3.57. The lowest BCUT2D eigenvalue weighted by atomic mass is 10.1. The fourth-order valence-electron chi connectivity index (χ4n) is 1.85. The van der Waals surface area contributed by atoms with E-state index in [1.165, 1.54) is 14.0 Å². The van der Waals surface area contributed by atoms with Gasteiger partial charge < -0.3 is 14.8 Å². The largest absolute Gasteiger partial charge is 0.497 e. The molecule has 0 saturated heterocycles. The quantitative estimate of drug-likeness (QED) is 0.821. The lowest BCUT2D eigenvalue weighted by Gasteiger charge is -2.10. The normalized spacial score (nSPS) is 10.0. The van der Waals surface area contributed by atoms with Gasteiger partial charge in [-0.05, 0) is 43.3 Å². The summed E-state index contributed by atoms with van der Waals surface area (Å²) in [5.41, 5.74) is 1.04. The van der Waals surface area contributed by atoms with E-state index >= 15 is 0 Å². The highest BCUT2D eigenvalue weighted by atomic mass is 35.5.